The Hall–Kier alpha value is -1.54. The summed E-state index contributed by atoms with van der Waals surface area (Å²) in [6.45, 7) is 3.05. The highest BCUT2D eigenvalue weighted by atomic mass is 79.9. The van der Waals surface area contributed by atoms with Gasteiger partial charge in [-0.15, -0.1) is 0 Å². The van der Waals surface area contributed by atoms with Crippen molar-refractivity contribution >= 4 is 61.1 Å². The summed E-state index contributed by atoms with van der Waals surface area (Å²) in [6.07, 6.45) is 0.857. The minimum absolute atomic E-state index is 0.0594. The normalized spacial score (nSPS) is 34.5. The van der Waals surface area contributed by atoms with Gasteiger partial charge in [0.1, 0.15) is 6.04 Å². The summed E-state index contributed by atoms with van der Waals surface area (Å²) in [4.78, 5) is 51.6. The van der Waals surface area contributed by atoms with Gasteiger partial charge in [-0.3, -0.25) is 24.1 Å². The predicted molar refractivity (Wildman–Crippen MR) is 110 cm³/mol. The third-order valence-electron chi connectivity index (χ3n) is 6.35. The van der Waals surface area contributed by atoms with Crippen molar-refractivity contribution in [3.8, 4) is 0 Å². The van der Waals surface area contributed by atoms with Crippen molar-refractivity contribution in [2.45, 2.75) is 36.0 Å². The molecule has 3 amide bonds. The molecule has 1 heterocycles. The first kappa shape index (κ1) is 19.8. The second-order valence-corrected chi connectivity index (χ2v) is 9.96. The molecule has 0 spiro atoms. The third kappa shape index (κ3) is 2.87. The SMILES string of the molecule is CC(=O)c1ccc(NC(=O)[C@@H](C)N2C(=O)[C@H]3[C@@H]4C[C@H]([C@@H](Br)[C@H]4Br)[C@@H]3C2=O)cc1. The van der Waals surface area contributed by atoms with Gasteiger partial charge in [0, 0.05) is 20.9 Å². The van der Waals surface area contributed by atoms with E-state index >= 15 is 0 Å². The van der Waals surface area contributed by atoms with E-state index in [1.54, 1.807) is 31.2 Å². The monoisotopic (exact) mass is 510 g/mol. The average molecular weight is 512 g/mol. The number of imide groups is 1. The topological polar surface area (TPSA) is 83.6 Å². The molecule has 148 valence electrons. The Kier molecular flexibility index (Phi) is 4.98. The molecule has 28 heavy (non-hydrogen) atoms. The highest BCUT2D eigenvalue weighted by Crippen LogP contribution is 2.60. The van der Waals surface area contributed by atoms with Crippen LogP contribution in [-0.4, -0.2) is 44.1 Å². The zero-order chi connectivity index (χ0) is 20.3. The molecule has 1 aromatic rings. The lowest BCUT2D eigenvalue weighted by Gasteiger charge is -2.28. The van der Waals surface area contributed by atoms with E-state index < -0.39 is 11.9 Å². The maximum absolute atomic E-state index is 13.0. The Morgan fingerprint density at radius 3 is 2.00 bits per heavy atom. The average Bonchev–Trinajstić information content (AvgIpc) is 3.26. The first-order chi connectivity index (χ1) is 13.2. The minimum atomic E-state index is -0.889. The summed E-state index contributed by atoms with van der Waals surface area (Å²) < 4.78 is 0. The van der Waals surface area contributed by atoms with Gasteiger partial charge in [-0.1, -0.05) is 31.9 Å². The minimum Gasteiger partial charge on any atom is -0.324 e. The summed E-state index contributed by atoms with van der Waals surface area (Å²) in [5.74, 6) is -1.37. The number of hydrogen-bond donors (Lipinski definition) is 1. The van der Waals surface area contributed by atoms with Crippen molar-refractivity contribution in [1.82, 2.24) is 4.90 Å². The summed E-state index contributed by atoms with van der Waals surface area (Å²) >= 11 is 7.32. The Morgan fingerprint density at radius 2 is 1.54 bits per heavy atom. The van der Waals surface area contributed by atoms with Gasteiger partial charge in [-0.2, -0.15) is 0 Å². The number of benzene rings is 1. The van der Waals surface area contributed by atoms with Crippen LogP contribution < -0.4 is 5.32 Å². The fraction of sp³-hybridized carbons (Fsp3) is 0.500. The smallest absolute Gasteiger partial charge is 0.247 e. The lowest BCUT2D eigenvalue weighted by atomic mass is 9.81. The summed E-state index contributed by atoms with van der Waals surface area (Å²) in [5, 5.41) is 2.73. The Balaban J connectivity index is 1.50. The number of alkyl halides is 2. The van der Waals surface area contributed by atoms with E-state index in [1.807, 2.05) is 0 Å². The van der Waals surface area contributed by atoms with Crippen molar-refractivity contribution in [3.63, 3.8) is 0 Å². The molecule has 0 unspecified atom stereocenters. The van der Waals surface area contributed by atoms with Crippen molar-refractivity contribution in [1.29, 1.82) is 0 Å². The van der Waals surface area contributed by atoms with Crippen LogP contribution in [0.3, 0.4) is 0 Å². The van der Waals surface area contributed by atoms with Gasteiger partial charge in [0.05, 0.1) is 11.8 Å². The number of carbonyl (C=O) groups is 4. The van der Waals surface area contributed by atoms with E-state index in [-0.39, 0.29) is 50.9 Å². The van der Waals surface area contributed by atoms with Crippen LogP contribution >= 0.6 is 31.9 Å². The first-order valence-corrected chi connectivity index (χ1v) is 11.1. The summed E-state index contributed by atoms with van der Waals surface area (Å²) in [6, 6.07) is 5.63. The number of likely N-dealkylation sites (tertiary alicyclic amines) is 1. The maximum Gasteiger partial charge on any atom is 0.247 e. The predicted octanol–water partition coefficient (Wildman–Crippen LogP) is 2.99. The second-order valence-electron chi connectivity index (χ2n) is 7.85. The van der Waals surface area contributed by atoms with E-state index in [0.717, 1.165) is 11.3 Å². The molecule has 1 aromatic carbocycles. The number of rotatable bonds is 4. The van der Waals surface area contributed by atoms with Crippen LogP contribution in [0.25, 0.3) is 0 Å². The molecule has 1 saturated heterocycles. The van der Waals surface area contributed by atoms with Crippen LogP contribution in [0, 0.1) is 23.7 Å². The van der Waals surface area contributed by atoms with Crippen LogP contribution in [0.5, 0.6) is 0 Å². The standard InChI is InChI=1S/C20H20Br2N2O4/c1-8(18(26)23-11-5-3-10(4-6-11)9(2)25)24-19(27)14-12-7-13(15(14)20(24)28)17(22)16(12)21/h3-6,8,12-17H,7H2,1-2H3,(H,23,26)/t8-,12+,13+,14+,15+,16-,17+/m1/s1. The van der Waals surface area contributed by atoms with Gasteiger partial charge in [0.25, 0.3) is 0 Å². The van der Waals surface area contributed by atoms with Crippen molar-refractivity contribution < 1.29 is 19.2 Å². The number of halogens is 2. The molecule has 2 saturated carbocycles. The number of anilines is 1. The van der Waals surface area contributed by atoms with Crippen molar-refractivity contribution in [2.75, 3.05) is 5.32 Å². The Bertz CT molecular complexity index is 839. The van der Waals surface area contributed by atoms with E-state index in [4.69, 9.17) is 0 Å². The number of nitrogens with zero attached hydrogens (tertiary/aromatic N) is 1. The van der Waals surface area contributed by atoms with E-state index in [2.05, 4.69) is 37.2 Å². The molecule has 3 fully saturated rings. The molecule has 1 N–H and O–H groups in total. The third-order valence-corrected chi connectivity index (χ3v) is 9.55. The number of Topliss-reactive ketones (excluding diaryl/α,β-unsaturated/α-hetero) is 1. The molecule has 0 aromatic heterocycles. The molecule has 3 aliphatic rings. The summed E-state index contributed by atoms with van der Waals surface area (Å²) in [5.41, 5.74) is 1.06. The Labute approximate surface area is 179 Å². The molecule has 0 radical (unpaired) electrons. The van der Waals surface area contributed by atoms with Gasteiger partial charge in [0.15, 0.2) is 5.78 Å². The number of ketones is 1. The quantitative estimate of drug-likeness (QED) is 0.382. The lowest BCUT2D eigenvalue weighted by Crippen LogP contribution is -2.46. The van der Waals surface area contributed by atoms with Crippen LogP contribution in [0.4, 0.5) is 5.69 Å². The van der Waals surface area contributed by atoms with E-state index in [0.29, 0.717) is 11.3 Å². The molecule has 8 heteroatoms. The number of fused-ring (bicyclic) bond motifs is 5. The van der Waals surface area contributed by atoms with Crippen LogP contribution in [0.15, 0.2) is 24.3 Å². The number of amides is 3. The largest absolute Gasteiger partial charge is 0.324 e. The van der Waals surface area contributed by atoms with Crippen molar-refractivity contribution in [2.24, 2.45) is 23.7 Å². The van der Waals surface area contributed by atoms with Crippen LogP contribution in [-0.2, 0) is 14.4 Å². The van der Waals surface area contributed by atoms with Crippen LogP contribution in [0.1, 0.15) is 30.6 Å². The second kappa shape index (κ2) is 7.06. The number of hydrogen-bond acceptors (Lipinski definition) is 4. The van der Waals surface area contributed by atoms with Crippen LogP contribution in [0.2, 0.25) is 0 Å². The molecule has 4 rings (SSSR count). The zero-order valence-corrected chi connectivity index (χ0v) is 18.6. The Morgan fingerprint density at radius 1 is 1.04 bits per heavy atom. The molecule has 2 bridgehead atoms. The molecule has 7 atom stereocenters. The molecule has 1 aliphatic heterocycles. The lowest BCUT2D eigenvalue weighted by molar-refractivity contribution is -0.146. The number of nitrogens with one attached hydrogen (secondary N) is 1. The maximum atomic E-state index is 13.0. The highest BCUT2D eigenvalue weighted by Gasteiger charge is 2.67. The van der Waals surface area contributed by atoms with Crippen molar-refractivity contribution in [3.05, 3.63) is 29.8 Å². The van der Waals surface area contributed by atoms with E-state index in [9.17, 15) is 19.2 Å². The fourth-order valence-electron chi connectivity index (χ4n) is 4.91. The first-order valence-electron chi connectivity index (χ1n) is 9.29. The van der Waals surface area contributed by atoms with Gasteiger partial charge < -0.3 is 5.32 Å². The van der Waals surface area contributed by atoms with Gasteiger partial charge in [0.2, 0.25) is 17.7 Å². The molecule has 6 nitrogen and oxygen atoms in total. The van der Waals surface area contributed by atoms with Gasteiger partial charge in [-0.25, -0.2) is 0 Å². The highest BCUT2D eigenvalue weighted by molar-refractivity contribution is 9.12. The summed E-state index contributed by atoms with van der Waals surface area (Å²) in [7, 11) is 0. The molecule has 2 aliphatic carbocycles. The fourth-order valence-corrected chi connectivity index (χ4v) is 6.78. The number of carbonyl (C=O) groups excluding carboxylic acids is 4. The van der Waals surface area contributed by atoms with Gasteiger partial charge in [-0.05, 0) is 56.4 Å². The molecular formula is C20H20Br2N2O4. The van der Waals surface area contributed by atoms with E-state index in [1.165, 1.54) is 6.92 Å². The molecular weight excluding hydrogens is 492 g/mol. The zero-order valence-electron chi connectivity index (χ0n) is 15.4. The van der Waals surface area contributed by atoms with Gasteiger partial charge >= 0.3 is 0 Å².